The lowest BCUT2D eigenvalue weighted by Gasteiger charge is -2.36. The first-order valence-electron chi connectivity index (χ1n) is 10.0. The zero-order chi connectivity index (χ0) is 20.3. The molecule has 30 heavy (non-hydrogen) atoms. The second kappa shape index (κ2) is 7.87. The van der Waals surface area contributed by atoms with E-state index in [1.54, 1.807) is 18.6 Å². The summed E-state index contributed by atoms with van der Waals surface area (Å²) < 4.78 is 0. The summed E-state index contributed by atoms with van der Waals surface area (Å²) in [6.07, 6.45) is 7.02. The Morgan fingerprint density at radius 2 is 1.70 bits per heavy atom. The third-order valence-electron chi connectivity index (χ3n) is 5.48. The predicted molar refractivity (Wildman–Crippen MR) is 120 cm³/mol. The molecule has 0 spiro atoms. The van der Waals surface area contributed by atoms with E-state index in [2.05, 4.69) is 42.5 Å². The monoisotopic (exact) mass is 398 g/mol. The Morgan fingerprint density at radius 1 is 0.933 bits per heavy atom. The van der Waals surface area contributed by atoms with Crippen molar-refractivity contribution in [1.82, 2.24) is 9.97 Å². The Hall–Kier alpha value is -3.87. The number of rotatable bonds is 4. The molecule has 3 heterocycles. The van der Waals surface area contributed by atoms with E-state index < -0.39 is 0 Å². The van der Waals surface area contributed by atoms with E-state index in [0.29, 0.717) is 5.57 Å². The highest BCUT2D eigenvalue weighted by Crippen LogP contribution is 2.31. The van der Waals surface area contributed by atoms with E-state index in [-0.39, 0.29) is 5.91 Å². The molecular formula is C23H22N6O. The van der Waals surface area contributed by atoms with Crippen molar-refractivity contribution >= 4 is 34.4 Å². The van der Waals surface area contributed by atoms with E-state index in [9.17, 15) is 4.79 Å². The average Bonchev–Trinajstić information content (AvgIpc) is 3.13. The molecule has 0 atom stereocenters. The third-order valence-corrected chi connectivity index (χ3v) is 5.48. The summed E-state index contributed by atoms with van der Waals surface area (Å²) in [5.74, 6) is 0.851. The third kappa shape index (κ3) is 3.57. The molecule has 7 nitrogen and oxygen atoms in total. The SMILES string of the molecule is O=C1Nc2ccccc2C1=CNc1ccc(N2CCN(c3cnccn3)CC2)cc1. The number of fused-ring (bicyclic) bond motifs is 1. The molecule has 0 saturated carbocycles. The second-order valence-electron chi connectivity index (χ2n) is 7.29. The number of nitrogens with one attached hydrogen (secondary N) is 2. The molecule has 2 aliphatic heterocycles. The van der Waals surface area contributed by atoms with Gasteiger partial charge in [0.2, 0.25) is 0 Å². The number of hydrogen-bond acceptors (Lipinski definition) is 6. The number of para-hydroxylation sites is 1. The lowest BCUT2D eigenvalue weighted by Crippen LogP contribution is -2.46. The molecule has 1 amide bonds. The van der Waals surface area contributed by atoms with Gasteiger partial charge in [0.25, 0.3) is 5.91 Å². The van der Waals surface area contributed by atoms with Crippen molar-refractivity contribution in [2.75, 3.05) is 46.6 Å². The summed E-state index contributed by atoms with van der Waals surface area (Å²) in [5, 5.41) is 6.14. The number of nitrogens with zero attached hydrogens (tertiary/aromatic N) is 4. The summed E-state index contributed by atoms with van der Waals surface area (Å²) in [4.78, 5) is 25.4. The van der Waals surface area contributed by atoms with Crippen molar-refractivity contribution in [3.8, 4) is 0 Å². The molecule has 1 fully saturated rings. The highest BCUT2D eigenvalue weighted by atomic mass is 16.2. The van der Waals surface area contributed by atoms with Gasteiger partial charge >= 0.3 is 0 Å². The molecule has 2 aliphatic rings. The Balaban J connectivity index is 1.22. The summed E-state index contributed by atoms with van der Waals surface area (Å²) in [5.41, 5.74) is 4.56. The zero-order valence-electron chi connectivity index (χ0n) is 16.5. The van der Waals surface area contributed by atoms with Crippen LogP contribution >= 0.6 is 0 Å². The number of carbonyl (C=O) groups excluding carboxylic acids is 1. The fourth-order valence-electron chi connectivity index (χ4n) is 3.85. The molecule has 7 heteroatoms. The van der Waals surface area contributed by atoms with Crippen molar-refractivity contribution in [2.24, 2.45) is 0 Å². The van der Waals surface area contributed by atoms with Crippen LogP contribution in [0.2, 0.25) is 0 Å². The van der Waals surface area contributed by atoms with Crippen LogP contribution in [0.4, 0.5) is 22.9 Å². The molecule has 150 valence electrons. The molecule has 0 unspecified atom stereocenters. The standard InChI is InChI=1S/C23H22N6O/c30-23-20(19-3-1-2-4-21(19)27-23)15-26-17-5-7-18(8-6-17)28-11-13-29(14-12-28)22-16-24-9-10-25-22/h1-10,15-16,26H,11-14H2,(H,27,30). The molecule has 0 radical (unpaired) electrons. The highest BCUT2D eigenvalue weighted by molar-refractivity contribution is 6.31. The summed E-state index contributed by atoms with van der Waals surface area (Å²) in [6.45, 7) is 3.70. The number of hydrogen-bond donors (Lipinski definition) is 2. The average molecular weight is 398 g/mol. The minimum absolute atomic E-state index is 0.0821. The number of carbonyl (C=O) groups is 1. The molecule has 0 aliphatic carbocycles. The smallest absolute Gasteiger partial charge is 0.257 e. The summed E-state index contributed by atoms with van der Waals surface area (Å²) >= 11 is 0. The topological polar surface area (TPSA) is 73.4 Å². The van der Waals surface area contributed by atoms with Crippen molar-refractivity contribution < 1.29 is 4.79 Å². The fraction of sp³-hybridized carbons (Fsp3) is 0.174. The normalized spacial score (nSPS) is 17.1. The van der Waals surface area contributed by atoms with Gasteiger partial charge in [-0.3, -0.25) is 9.78 Å². The van der Waals surface area contributed by atoms with Gasteiger partial charge in [0, 0.05) is 67.4 Å². The van der Waals surface area contributed by atoms with E-state index in [0.717, 1.165) is 48.9 Å². The maximum atomic E-state index is 12.2. The lowest BCUT2D eigenvalue weighted by atomic mass is 10.1. The highest BCUT2D eigenvalue weighted by Gasteiger charge is 2.23. The number of aromatic nitrogens is 2. The van der Waals surface area contributed by atoms with Crippen molar-refractivity contribution in [3.05, 3.63) is 78.9 Å². The number of amides is 1. The van der Waals surface area contributed by atoms with Crippen LogP contribution in [-0.4, -0.2) is 42.1 Å². The number of piperazine rings is 1. The first kappa shape index (κ1) is 18.2. The number of anilines is 4. The molecule has 1 aromatic heterocycles. The van der Waals surface area contributed by atoms with Crippen LogP contribution < -0.4 is 20.4 Å². The molecule has 1 saturated heterocycles. The first-order chi connectivity index (χ1) is 14.8. The molecule has 5 rings (SSSR count). The van der Waals surface area contributed by atoms with Crippen LogP contribution in [0, 0.1) is 0 Å². The van der Waals surface area contributed by atoms with Gasteiger partial charge in [-0.1, -0.05) is 18.2 Å². The molecule has 3 aromatic rings. The van der Waals surface area contributed by atoms with Crippen LogP contribution in [-0.2, 0) is 4.79 Å². The lowest BCUT2D eigenvalue weighted by molar-refractivity contribution is -0.110. The van der Waals surface area contributed by atoms with Crippen LogP contribution in [0.1, 0.15) is 5.56 Å². The molecular weight excluding hydrogens is 376 g/mol. The molecule has 2 N–H and O–H groups in total. The van der Waals surface area contributed by atoms with Gasteiger partial charge in [-0.15, -0.1) is 0 Å². The van der Waals surface area contributed by atoms with E-state index in [1.165, 1.54) is 5.69 Å². The quantitative estimate of drug-likeness (QED) is 0.658. The van der Waals surface area contributed by atoms with Crippen LogP contribution in [0.25, 0.3) is 5.57 Å². The van der Waals surface area contributed by atoms with Crippen LogP contribution in [0.3, 0.4) is 0 Å². The minimum atomic E-state index is -0.0821. The minimum Gasteiger partial charge on any atom is -0.368 e. The Bertz CT molecular complexity index is 1070. The summed E-state index contributed by atoms with van der Waals surface area (Å²) in [6, 6.07) is 16.0. The van der Waals surface area contributed by atoms with Gasteiger partial charge in [0.15, 0.2) is 0 Å². The van der Waals surface area contributed by atoms with Gasteiger partial charge in [0.05, 0.1) is 11.8 Å². The second-order valence-corrected chi connectivity index (χ2v) is 7.29. The fourth-order valence-corrected chi connectivity index (χ4v) is 3.85. The zero-order valence-corrected chi connectivity index (χ0v) is 16.5. The van der Waals surface area contributed by atoms with Gasteiger partial charge in [-0.05, 0) is 30.3 Å². The Kier molecular flexibility index (Phi) is 4.77. The Morgan fingerprint density at radius 3 is 2.47 bits per heavy atom. The first-order valence-corrected chi connectivity index (χ1v) is 10.0. The number of benzene rings is 2. The van der Waals surface area contributed by atoms with Gasteiger partial charge < -0.3 is 20.4 Å². The van der Waals surface area contributed by atoms with Gasteiger partial charge in [0.1, 0.15) is 5.82 Å². The van der Waals surface area contributed by atoms with Gasteiger partial charge in [-0.25, -0.2) is 4.98 Å². The van der Waals surface area contributed by atoms with E-state index in [1.807, 2.05) is 42.6 Å². The largest absolute Gasteiger partial charge is 0.368 e. The maximum absolute atomic E-state index is 12.2. The summed E-state index contributed by atoms with van der Waals surface area (Å²) in [7, 11) is 0. The van der Waals surface area contributed by atoms with E-state index >= 15 is 0 Å². The maximum Gasteiger partial charge on any atom is 0.257 e. The molecule has 2 aromatic carbocycles. The van der Waals surface area contributed by atoms with Crippen molar-refractivity contribution in [1.29, 1.82) is 0 Å². The van der Waals surface area contributed by atoms with E-state index in [4.69, 9.17) is 0 Å². The van der Waals surface area contributed by atoms with Crippen molar-refractivity contribution in [2.45, 2.75) is 0 Å². The van der Waals surface area contributed by atoms with Gasteiger partial charge in [-0.2, -0.15) is 0 Å². The van der Waals surface area contributed by atoms with Crippen molar-refractivity contribution in [3.63, 3.8) is 0 Å². The van der Waals surface area contributed by atoms with Crippen LogP contribution in [0.15, 0.2) is 73.3 Å². The molecule has 0 bridgehead atoms. The predicted octanol–water partition coefficient (Wildman–Crippen LogP) is 3.21. The Labute approximate surface area is 175 Å². The van der Waals surface area contributed by atoms with Crippen LogP contribution in [0.5, 0.6) is 0 Å².